The van der Waals surface area contributed by atoms with Crippen LogP contribution in [0.3, 0.4) is 0 Å². The Bertz CT molecular complexity index is 126. The second-order valence-electron chi connectivity index (χ2n) is 2.85. The molecule has 0 N–H and O–H groups in total. The summed E-state index contributed by atoms with van der Waals surface area (Å²) in [7, 11) is 1.44. The van der Waals surface area contributed by atoms with E-state index in [2.05, 4.69) is 11.7 Å². The van der Waals surface area contributed by atoms with Crippen molar-refractivity contribution in [1.29, 1.82) is 0 Å². The Balaban J connectivity index is 3.31. The third kappa shape index (κ3) is 5.47. The van der Waals surface area contributed by atoms with E-state index in [1.54, 1.807) is 0 Å². The largest absolute Gasteiger partial charge is 0.469 e. The smallest absolute Gasteiger partial charge is 0.309 e. The summed E-state index contributed by atoms with van der Waals surface area (Å²) in [5.41, 5.74) is 0. The van der Waals surface area contributed by atoms with E-state index in [1.807, 2.05) is 18.7 Å². The molecule has 0 fully saturated rings. The molecule has 12 heavy (non-hydrogen) atoms. The molecule has 0 aromatic heterocycles. The Morgan fingerprint density at radius 1 is 1.58 bits per heavy atom. The van der Waals surface area contributed by atoms with Crippen LogP contribution in [0.4, 0.5) is 0 Å². The third-order valence-electron chi connectivity index (χ3n) is 1.61. The SMILES string of the molecule is CCCCSCC(C)C(=O)OC. The van der Waals surface area contributed by atoms with Crippen LogP contribution >= 0.6 is 11.8 Å². The van der Waals surface area contributed by atoms with Crippen molar-refractivity contribution in [3.63, 3.8) is 0 Å². The van der Waals surface area contributed by atoms with Crippen LogP contribution in [-0.2, 0) is 9.53 Å². The van der Waals surface area contributed by atoms with Crippen LogP contribution in [0, 0.1) is 5.92 Å². The van der Waals surface area contributed by atoms with Crippen LogP contribution in [0.1, 0.15) is 26.7 Å². The first kappa shape index (κ1) is 11.8. The summed E-state index contributed by atoms with van der Waals surface area (Å²) in [4.78, 5) is 10.9. The van der Waals surface area contributed by atoms with Gasteiger partial charge in [0.05, 0.1) is 13.0 Å². The van der Waals surface area contributed by atoms with Crippen molar-refractivity contribution in [2.75, 3.05) is 18.6 Å². The van der Waals surface area contributed by atoms with Crippen LogP contribution in [0.5, 0.6) is 0 Å². The Kier molecular flexibility index (Phi) is 7.36. The van der Waals surface area contributed by atoms with Crippen LogP contribution in [0.25, 0.3) is 0 Å². The van der Waals surface area contributed by atoms with E-state index in [1.165, 1.54) is 20.0 Å². The molecule has 0 aliphatic rings. The van der Waals surface area contributed by atoms with E-state index in [0.29, 0.717) is 0 Å². The molecule has 0 aliphatic carbocycles. The number of carbonyl (C=O) groups excluding carboxylic acids is 1. The average Bonchev–Trinajstić information content (AvgIpc) is 2.10. The maximum atomic E-state index is 10.9. The van der Waals surface area contributed by atoms with Gasteiger partial charge in [0, 0.05) is 5.75 Å². The van der Waals surface area contributed by atoms with Crippen LogP contribution in [0.15, 0.2) is 0 Å². The summed E-state index contributed by atoms with van der Waals surface area (Å²) in [6.07, 6.45) is 2.46. The quantitative estimate of drug-likeness (QED) is 0.475. The van der Waals surface area contributed by atoms with Gasteiger partial charge in [0.1, 0.15) is 0 Å². The molecule has 0 aromatic carbocycles. The lowest BCUT2D eigenvalue weighted by Gasteiger charge is -2.07. The minimum atomic E-state index is -0.0981. The molecule has 3 heteroatoms. The zero-order valence-electron chi connectivity index (χ0n) is 8.13. The molecular weight excluding hydrogens is 172 g/mol. The summed E-state index contributed by atoms with van der Waals surface area (Å²) >= 11 is 1.83. The summed E-state index contributed by atoms with van der Waals surface area (Å²) in [5, 5.41) is 0. The Hall–Kier alpha value is -0.180. The van der Waals surface area contributed by atoms with Gasteiger partial charge >= 0.3 is 5.97 Å². The lowest BCUT2D eigenvalue weighted by Crippen LogP contribution is -2.14. The van der Waals surface area contributed by atoms with Gasteiger partial charge in [-0.1, -0.05) is 20.3 Å². The minimum absolute atomic E-state index is 0.0388. The fourth-order valence-electron chi connectivity index (χ4n) is 0.776. The molecule has 0 spiro atoms. The number of hydrogen-bond acceptors (Lipinski definition) is 3. The van der Waals surface area contributed by atoms with Gasteiger partial charge in [-0.3, -0.25) is 4.79 Å². The van der Waals surface area contributed by atoms with E-state index in [0.717, 1.165) is 11.5 Å². The fourth-order valence-corrected chi connectivity index (χ4v) is 1.92. The molecule has 72 valence electrons. The predicted octanol–water partition coefficient (Wildman–Crippen LogP) is 2.33. The zero-order chi connectivity index (χ0) is 9.40. The van der Waals surface area contributed by atoms with Crippen LogP contribution in [-0.4, -0.2) is 24.6 Å². The van der Waals surface area contributed by atoms with E-state index in [4.69, 9.17) is 0 Å². The van der Waals surface area contributed by atoms with Gasteiger partial charge in [-0.15, -0.1) is 0 Å². The van der Waals surface area contributed by atoms with Crippen LogP contribution in [0.2, 0.25) is 0 Å². The first-order valence-corrected chi connectivity index (χ1v) is 5.53. The Morgan fingerprint density at radius 3 is 2.75 bits per heavy atom. The van der Waals surface area contributed by atoms with Crippen molar-refractivity contribution in [2.24, 2.45) is 5.92 Å². The fraction of sp³-hybridized carbons (Fsp3) is 0.889. The van der Waals surface area contributed by atoms with Crippen LogP contribution < -0.4 is 0 Å². The Morgan fingerprint density at radius 2 is 2.25 bits per heavy atom. The first-order valence-electron chi connectivity index (χ1n) is 4.38. The zero-order valence-corrected chi connectivity index (χ0v) is 8.95. The molecule has 0 aromatic rings. The average molecular weight is 190 g/mol. The number of rotatable bonds is 6. The molecule has 0 radical (unpaired) electrons. The third-order valence-corrected chi connectivity index (χ3v) is 2.93. The van der Waals surface area contributed by atoms with Crippen molar-refractivity contribution in [1.82, 2.24) is 0 Å². The molecule has 0 saturated heterocycles. The number of methoxy groups -OCH3 is 1. The highest BCUT2D eigenvalue weighted by Gasteiger charge is 2.11. The van der Waals surface area contributed by atoms with E-state index >= 15 is 0 Å². The molecule has 1 unspecified atom stereocenters. The van der Waals surface area contributed by atoms with E-state index < -0.39 is 0 Å². The highest BCUT2D eigenvalue weighted by molar-refractivity contribution is 7.99. The van der Waals surface area contributed by atoms with Gasteiger partial charge in [0.25, 0.3) is 0 Å². The molecular formula is C9H18O2S. The number of hydrogen-bond donors (Lipinski definition) is 0. The summed E-state index contributed by atoms with van der Waals surface area (Å²) in [5.74, 6) is 1.97. The predicted molar refractivity (Wildman–Crippen MR) is 53.4 cm³/mol. The first-order chi connectivity index (χ1) is 5.72. The lowest BCUT2D eigenvalue weighted by atomic mass is 10.2. The standard InChI is InChI=1S/C9H18O2S/c1-4-5-6-12-7-8(2)9(10)11-3/h8H,4-7H2,1-3H3. The van der Waals surface area contributed by atoms with Gasteiger partial charge < -0.3 is 4.74 Å². The van der Waals surface area contributed by atoms with Crippen molar-refractivity contribution in [2.45, 2.75) is 26.7 Å². The summed E-state index contributed by atoms with van der Waals surface area (Å²) in [6, 6.07) is 0. The number of unbranched alkanes of at least 4 members (excludes halogenated alkanes) is 1. The number of ether oxygens (including phenoxy) is 1. The highest BCUT2D eigenvalue weighted by atomic mass is 32.2. The summed E-state index contributed by atoms with van der Waals surface area (Å²) in [6.45, 7) is 4.08. The molecule has 2 nitrogen and oxygen atoms in total. The van der Waals surface area contributed by atoms with Crippen molar-refractivity contribution in [3.05, 3.63) is 0 Å². The molecule has 1 atom stereocenters. The molecule has 0 rings (SSSR count). The topological polar surface area (TPSA) is 26.3 Å². The second-order valence-corrected chi connectivity index (χ2v) is 4.00. The van der Waals surface area contributed by atoms with Gasteiger partial charge in [-0.05, 0) is 12.2 Å². The van der Waals surface area contributed by atoms with Crippen molar-refractivity contribution < 1.29 is 9.53 Å². The van der Waals surface area contributed by atoms with Crippen molar-refractivity contribution >= 4 is 17.7 Å². The molecule has 0 saturated carbocycles. The summed E-state index contributed by atoms with van der Waals surface area (Å²) < 4.78 is 4.62. The number of carbonyl (C=O) groups is 1. The number of esters is 1. The van der Waals surface area contributed by atoms with Crippen molar-refractivity contribution in [3.8, 4) is 0 Å². The Labute approximate surface area is 79.1 Å². The normalized spacial score (nSPS) is 12.6. The van der Waals surface area contributed by atoms with Gasteiger partial charge in [-0.2, -0.15) is 11.8 Å². The second kappa shape index (κ2) is 7.47. The monoisotopic (exact) mass is 190 g/mol. The lowest BCUT2D eigenvalue weighted by molar-refractivity contribution is -0.143. The molecule has 0 bridgehead atoms. The minimum Gasteiger partial charge on any atom is -0.469 e. The van der Waals surface area contributed by atoms with E-state index in [9.17, 15) is 4.79 Å². The van der Waals surface area contributed by atoms with Gasteiger partial charge in [0.2, 0.25) is 0 Å². The number of thioether (sulfide) groups is 1. The van der Waals surface area contributed by atoms with Gasteiger partial charge in [-0.25, -0.2) is 0 Å². The molecule has 0 aliphatic heterocycles. The highest BCUT2D eigenvalue weighted by Crippen LogP contribution is 2.11. The molecule has 0 amide bonds. The van der Waals surface area contributed by atoms with Gasteiger partial charge in [0.15, 0.2) is 0 Å². The maximum absolute atomic E-state index is 10.9. The molecule has 0 heterocycles. The maximum Gasteiger partial charge on any atom is 0.309 e. The van der Waals surface area contributed by atoms with E-state index in [-0.39, 0.29) is 11.9 Å².